The zero-order valence-corrected chi connectivity index (χ0v) is 16.0. The van der Waals surface area contributed by atoms with E-state index >= 15 is 0 Å². The summed E-state index contributed by atoms with van der Waals surface area (Å²) in [6.07, 6.45) is 0.507. The number of rotatable bonds is 3. The number of nitro benzene ring substituents is 1. The van der Waals surface area contributed by atoms with Crippen molar-refractivity contribution in [2.45, 2.75) is 33.6 Å². The first-order valence-electron chi connectivity index (χ1n) is 7.99. The van der Waals surface area contributed by atoms with E-state index in [4.69, 9.17) is 4.74 Å². The molecule has 1 aromatic rings. The van der Waals surface area contributed by atoms with Crippen LogP contribution >= 0.6 is 15.9 Å². The van der Waals surface area contributed by atoms with Crippen molar-refractivity contribution in [1.82, 2.24) is 0 Å². The van der Waals surface area contributed by atoms with Gasteiger partial charge in [-0.05, 0) is 41.8 Å². The highest BCUT2D eigenvalue weighted by atomic mass is 79.9. The number of benzene rings is 1. The predicted molar refractivity (Wildman–Crippen MR) is 94.1 cm³/mol. The van der Waals surface area contributed by atoms with Crippen LogP contribution in [-0.4, -0.2) is 22.8 Å². The molecule has 1 N–H and O–H groups in total. The van der Waals surface area contributed by atoms with Gasteiger partial charge in [-0.2, -0.15) is 0 Å². The third-order valence-electron chi connectivity index (χ3n) is 6.23. The monoisotopic (exact) mass is 424 g/mol. The molecule has 8 nitrogen and oxygen atoms in total. The molecule has 1 saturated carbocycles. The first-order chi connectivity index (χ1) is 12.0. The Labute approximate surface area is 157 Å². The van der Waals surface area contributed by atoms with E-state index in [1.165, 1.54) is 18.2 Å². The lowest BCUT2D eigenvalue weighted by Gasteiger charge is -2.48. The second-order valence-corrected chi connectivity index (χ2v) is 8.27. The molecule has 9 heteroatoms. The van der Waals surface area contributed by atoms with E-state index in [0.29, 0.717) is 10.9 Å². The van der Waals surface area contributed by atoms with E-state index in [-0.39, 0.29) is 17.8 Å². The van der Waals surface area contributed by atoms with Crippen molar-refractivity contribution < 1.29 is 24.0 Å². The Morgan fingerprint density at radius 3 is 2.50 bits per heavy atom. The van der Waals surface area contributed by atoms with Gasteiger partial charge in [0.1, 0.15) is 0 Å². The molecule has 1 aromatic carbocycles. The second kappa shape index (κ2) is 5.60. The first-order valence-corrected chi connectivity index (χ1v) is 8.79. The number of carbonyl (C=O) groups excluding carboxylic acids is 3. The van der Waals surface area contributed by atoms with E-state index in [9.17, 15) is 24.5 Å². The molecule has 2 bridgehead atoms. The number of hydrogen-bond acceptors (Lipinski definition) is 6. The molecule has 1 aliphatic heterocycles. The standard InChI is InChI=1S/C17H17BrN2O6/c1-15(2)16(3)6-7-17(15,14(23)26-13(16)22)12(21)19-11-8-9(20(24)25)4-5-10(11)18/h4-5,8H,6-7H2,1-3H3,(H,19,21). The van der Waals surface area contributed by atoms with Gasteiger partial charge >= 0.3 is 11.9 Å². The van der Waals surface area contributed by atoms with Crippen LogP contribution in [0, 0.1) is 26.4 Å². The van der Waals surface area contributed by atoms with Crippen LogP contribution in [0.3, 0.4) is 0 Å². The maximum atomic E-state index is 13.1. The number of halogens is 1. The van der Waals surface area contributed by atoms with Gasteiger partial charge in [-0.15, -0.1) is 0 Å². The van der Waals surface area contributed by atoms with Crippen LogP contribution in [0.25, 0.3) is 0 Å². The number of esters is 2. The lowest BCUT2D eigenvalue weighted by atomic mass is 9.57. The van der Waals surface area contributed by atoms with Gasteiger partial charge in [0, 0.05) is 22.0 Å². The fourth-order valence-corrected chi connectivity index (χ4v) is 4.32. The summed E-state index contributed by atoms with van der Waals surface area (Å²) >= 11 is 3.24. The highest BCUT2D eigenvalue weighted by Crippen LogP contribution is 2.66. The van der Waals surface area contributed by atoms with Gasteiger partial charge in [-0.25, -0.2) is 0 Å². The molecule has 1 aliphatic carbocycles. The van der Waals surface area contributed by atoms with E-state index in [1.54, 1.807) is 20.8 Å². The summed E-state index contributed by atoms with van der Waals surface area (Å²) in [6.45, 7) is 5.11. The zero-order valence-electron chi connectivity index (χ0n) is 14.4. The minimum absolute atomic E-state index is 0.166. The van der Waals surface area contributed by atoms with Crippen LogP contribution in [0.4, 0.5) is 11.4 Å². The maximum Gasteiger partial charge on any atom is 0.329 e. The van der Waals surface area contributed by atoms with Crippen LogP contribution < -0.4 is 5.32 Å². The van der Waals surface area contributed by atoms with E-state index in [0.717, 1.165) is 0 Å². The largest absolute Gasteiger partial charge is 0.392 e. The quantitative estimate of drug-likeness (QED) is 0.344. The van der Waals surface area contributed by atoms with Crippen molar-refractivity contribution in [3.63, 3.8) is 0 Å². The molecule has 0 spiro atoms. The van der Waals surface area contributed by atoms with Crippen molar-refractivity contribution in [2.24, 2.45) is 16.2 Å². The second-order valence-electron chi connectivity index (χ2n) is 7.41. The molecular weight excluding hydrogens is 408 g/mol. The Hall–Kier alpha value is -2.29. The van der Waals surface area contributed by atoms with E-state index < -0.39 is 39.0 Å². The highest BCUT2D eigenvalue weighted by molar-refractivity contribution is 9.10. The molecule has 2 atom stereocenters. The van der Waals surface area contributed by atoms with Crippen molar-refractivity contribution in [2.75, 3.05) is 5.32 Å². The fourth-order valence-electron chi connectivity index (χ4n) is 3.97. The zero-order chi connectivity index (χ0) is 19.5. The van der Waals surface area contributed by atoms with Crippen molar-refractivity contribution >= 4 is 45.2 Å². The Bertz CT molecular complexity index is 867. The maximum absolute atomic E-state index is 13.1. The summed E-state index contributed by atoms with van der Waals surface area (Å²) in [7, 11) is 0. The van der Waals surface area contributed by atoms with Gasteiger partial charge in [0.15, 0.2) is 5.41 Å². The summed E-state index contributed by atoms with van der Waals surface area (Å²) in [5.74, 6) is -2.13. The molecule has 3 rings (SSSR count). The van der Waals surface area contributed by atoms with E-state index in [2.05, 4.69) is 21.2 Å². The number of hydrogen-bond donors (Lipinski definition) is 1. The fraction of sp³-hybridized carbons (Fsp3) is 0.471. The molecule has 138 valence electrons. The first kappa shape index (κ1) is 18.5. The number of nitrogens with zero attached hydrogens (tertiary/aromatic N) is 1. The van der Waals surface area contributed by atoms with Gasteiger partial charge < -0.3 is 10.1 Å². The summed E-state index contributed by atoms with van der Waals surface area (Å²) in [6, 6.07) is 3.94. The van der Waals surface area contributed by atoms with Crippen molar-refractivity contribution in [3.8, 4) is 0 Å². The third-order valence-corrected chi connectivity index (χ3v) is 6.92. The Morgan fingerprint density at radius 2 is 1.88 bits per heavy atom. The van der Waals surface area contributed by atoms with Crippen LogP contribution in [0.2, 0.25) is 0 Å². The minimum Gasteiger partial charge on any atom is -0.392 e. The number of anilines is 1. The summed E-state index contributed by atoms with van der Waals surface area (Å²) in [5, 5.41) is 13.6. The van der Waals surface area contributed by atoms with Gasteiger partial charge in [0.25, 0.3) is 5.69 Å². The SMILES string of the molecule is CC12CCC(C(=O)Nc3cc([N+](=O)[O-])ccc3Br)(C(=O)OC1=O)C2(C)C. The molecule has 1 amide bonds. The number of fused-ring (bicyclic) bond motifs is 2. The number of amides is 1. The number of non-ortho nitro benzene ring substituents is 1. The Morgan fingerprint density at radius 1 is 1.23 bits per heavy atom. The van der Waals surface area contributed by atoms with Crippen LogP contribution in [0.5, 0.6) is 0 Å². The van der Waals surface area contributed by atoms with Crippen LogP contribution in [0.1, 0.15) is 33.6 Å². The van der Waals surface area contributed by atoms with Crippen LogP contribution in [0.15, 0.2) is 22.7 Å². The lowest BCUT2D eigenvalue weighted by Crippen LogP contribution is -2.61. The highest BCUT2D eigenvalue weighted by Gasteiger charge is 2.75. The van der Waals surface area contributed by atoms with Gasteiger partial charge in [-0.3, -0.25) is 24.5 Å². The lowest BCUT2D eigenvalue weighted by molar-refractivity contribution is -0.384. The molecule has 2 unspecified atom stereocenters. The van der Waals surface area contributed by atoms with E-state index in [1.807, 2.05) is 0 Å². The number of carbonyl (C=O) groups is 3. The topological polar surface area (TPSA) is 116 Å². The summed E-state index contributed by atoms with van der Waals surface area (Å²) < 4.78 is 5.34. The Kier molecular flexibility index (Phi) is 3.99. The molecule has 2 aliphatic rings. The molecule has 1 heterocycles. The molecule has 0 aromatic heterocycles. The smallest absolute Gasteiger partial charge is 0.329 e. The molecule has 0 radical (unpaired) electrons. The molecule has 2 fully saturated rings. The normalized spacial score (nSPS) is 29.2. The number of cyclic esters (lactones) is 2. The number of nitrogens with one attached hydrogen (secondary N) is 1. The Balaban J connectivity index is 2.03. The summed E-state index contributed by atoms with van der Waals surface area (Å²) in [4.78, 5) is 48.4. The van der Waals surface area contributed by atoms with Crippen molar-refractivity contribution in [3.05, 3.63) is 32.8 Å². The molecule has 1 saturated heterocycles. The summed E-state index contributed by atoms with van der Waals surface area (Å²) in [5.41, 5.74) is -3.49. The number of nitro groups is 1. The average Bonchev–Trinajstić information content (AvgIpc) is 2.70. The van der Waals surface area contributed by atoms with Crippen LogP contribution in [-0.2, 0) is 19.1 Å². The minimum atomic E-state index is -1.54. The third kappa shape index (κ3) is 2.16. The van der Waals surface area contributed by atoms with Gasteiger partial charge in [0.05, 0.1) is 16.0 Å². The molecular formula is C17H17BrN2O6. The van der Waals surface area contributed by atoms with Gasteiger partial charge in [-0.1, -0.05) is 13.8 Å². The van der Waals surface area contributed by atoms with Gasteiger partial charge in [0.2, 0.25) is 5.91 Å². The van der Waals surface area contributed by atoms with Crippen molar-refractivity contribution in [1.29, 1.82) is 0 Å². The predicted octanol–water partition coefficient (Wildman–Crippen LogP) is 3.19. The number of ether oxygens (including phenoxy) is 1. The molecule has 26 heavy (non-hydrogen) atoms. The average molecular weight is 425 g/mol.